The number of nitrogens with one attached hydrogen (secondary N) is 1. The molecule has 0 heterocycles. The Bertz CT molecular complexity index is 202. The lowest BCUT2D eigenvalue weighted by atomic mass is 9.82. The van der Waals surface area contributed by atoms with Gasteiger partial charge in [0.15, 0.2) is 0 Å². The molecule has 0 aromatic carbocycles. The van der Waals surface area contributed by atoms with Crippen molar-refractivity contribution in [3.05, 3.63) is 0 Å². The van der Waals surface area contributed by atoms with Gasteiger partial charge in [-0.1, -0.05) is 61.3 Å². The van der Waals surface area contributed by atoms with Crippen LogP contribution in [0.2, 0.25) is 0 Å². The first kappa shape index (κ1) is 19.0. The summed E-state index contributed by atoms with van der Waals surface area (Å²) in [5, 5.41) is 3.76. The van der Waals surface area contributed by atoms with Crippen LogP contribution in [0, 0.1) is 17.3 Å². The molecule has 0 rings (SSSR count). The van der Waals surface area contributed by atoms with E-state index in [2.05, 4.69) is 53.8 Å². The summed E-state index contributed by atoms with van der Waals surface area (Å²) in [6, 6.07) is 0.732. The van der Waals surface area contributed by atoms with Gasteiger partial charge in [-0.15, -0.1) is 0 Å². The van der Waals surface area contributed by atoms with Crippen molar-refractivity contribution >= 4 is 0 Å². The third-order valence-corrected chi connectivity index (χ3v) is 3.66. The zero-order valence-electron chi connectivity index (χ0n) is 14.7. The molecule has 0 amide bonds. The summed E-state index contributed by atoms with van der Waals surface area (Å²) in [5.74, 6) is 1.67. The van der Waals surface area contributed by atoms with E-state index in [1.165, 1.54) is 45.1 Å². The molecule has 1 nitrogen and oxygen atoms in total. The van der Waals surface area contributed by atoms with E-state index in [4.69, 9.17) is 0 Å². The molecule has 2 atom stereocenters. The Kier molecular flexibility index (Phi) is 9.78. The zero-order chi connectivity index (χ0) is 14.9. The molecular formula is C18H39N. The third-order valence-electron chi connectivity index (χ3n) is 3.66. The van der Waals surface area contributed by atoms with Crippen LogP contribution in [0.1, 0.15) is 87.0 Å². The fourth-order valence-corrected chi connectivity index (χ4v) is 3.04. The highest BCUT2D eigenvalue weighted by molar-refractivity contribution is 4.74. The van der Waals surface area contributed by atoms with Crippen molar-refractivity contribution in [1.82, 2.24) is 5.32 Å². The van der Waals surface area contributed by atoms with Gasteiger partial charge in [0.25, 0.3) is 0 Å². The van der Waals surface area contributed by atoms with E-state index in [1.807, 2.05) is 0 Å². The molecule has 0 aliphatic carbocycles. The molecule has 19 heavy (non-hydrogen) atoms. The van der Waals surface area contributed by atoms with Crippen molar-refractivity contribution in [3.8, 4) is 0 Å². The average molecular weight is 270 g/mol. The van der Waals surface area contributed by atoms with Crippen LogP contribution in [-0.2, 0) is 0 Å². The fraction of sp³-hybridized carbons (Fsp3) is 1.00. The summed E-state index contributed by atoms with van der Waals surface area (Å²) in [6.45, 7) is 17.6. The maximum Gasteiger partial charge on any atom is 0.00696 e. The van der Waals surface area contributed by atoms with Gasteiger partial charge in [0.1, 0.15) is 0 Å². The van der Waals surface area contributed by atoms with E-state index in [-0.39, 0.29) is 0 Å². The Morgan fingerprint density at radius 2 is 1.63 bits per heavy atom. The van der Waals surface area contributed by atoms with Gasteiger partial charge in [0, 0.05) is 6.04 Å². The van der Waals surface area contributed by atoms with Crippen molar-refractivity contribution in [2.45, 2.75) is 93.0 Å². The summed E-state index contributed by atoms with van der Waals surface area (Å²) in [5.41, 5.74) is 0.465. The standard InChI is InChI=1S/C18H39N/c1-8-12-19-17(11-9-10-15(2)3)13-16(4)14-18(5,6)7/h15-17,19H,8-14H2,1-7H3. The van der Waals surface area contributed by atoms with E-state index >= 15 is 0 Å². The Morgan fingerprint density at radius 3 is 2.11 bits per heavy atom. The minimum absolute atomic E-state index is 0.465. The lowest BCUT2D eigenvalue weighted by Crippen LogP contribution is -2.32. The van der Waals surface area contributed by atoms with E-state index in [0.717, 1.165) is 17.9 Å². The Morgan fingerprint density at radius 1 is 1.00 bits per heavy atom. The highest BCUT2D eigenvalue weighted by Gasteiger charge is 2.18. The second-order valence-corrected chi connectivity index (χ2v) is 8.08. The van der Waals surface area contributed by atoms with Crippen LogP contribution in [0.25, 0.3) is 0 Å². The number of rotatable bonds is 10. The Hall–Kier alpha value is -0.0400. The van der Waals surface area contributed by atoms with E-state index in [1.54, 1.807) is 0 Å². The maximum atomic E-state index is 3.76. The highest BCUT2D eigenvalue weighted by Crippen LogP contribution is 2.27. The molecule has 1 heteroatoms. The smallest absolute Gasteiger partial charge is 0.00696 e. The minimum Gasteiger partial charge on any atom is -0.314 e. The van der Waals surface area contributed by atoms with Crippen LogP contribution in [0.5, 0.6) is 0 Å². The zero-order valence-corrected chi connectivity index (χ0v) is 14.7. The number of hydrogen-bond acceptors (Lipinski definition) is 1. The molecule has 0 saturated carbocycles. The second kappa shape index (κ2) is 9.80. The summed E-state index contributed by atoms with van der Waals surface area (Å²) in [4.78, 5) is 0. The molecule has 0 saturated heterocycles. The van der Waals surface area contributed by atoms with Gasteiger partial charge >= 0.3 is 0 Å². The first-order chi connectivity index (χ1) is 8.74. The molecule has 116 valence electrons. The van der Waals surface area contributed by atoms with Crippen LogP contribution in [-0.4, -0.2) is 12.6 Å². The summed E-state index contributed by atoms with van der Waals surface area (Å²) >= 11 is 0. The van der Waals surface area contributed by atoms with Gasteiger partial charge in [-0.2, -0.15) is 0 Å². The first-order valence-corrected chi connectivity index (χ1v) is 8.48. The van der Waals surface area contributed by atoms with Crippen LogP contribution < -0.4 is 5.32 Å². The van der Waals surface area contributed by atoms with Gasteiger partial charge in [-0.05, 0) is 49.5 Å². The van der Waals surface area contributed by atoms with Crippen LogP contribution >= 0.6 is 0 Å². The molecule has 1 N–H and O–H groups in total. The topological polar surface area (TPSA) is 12.0 Å². The van der Waals surface area contributed by atoms with Gasteiger partial charge in [0.2, 0.25) is 0 Å². The minimum atomic E-state index is 0.465. The first-order valence-electron chi connectivity index (χ1n) is 8.48. The SMILES string of the molecule is CCCNC(CCCC(C)C)CC(C)CC(C)(C)C. The van der Waals surface area contributed by atoms with E-state index < -0.39 is 0 Å². The maximum absolute atomic E-state index is 3.76. The molecule has 2 unspecified atom stereocenters. The second-order valence-electron chi connectivity index (χ2n) is 8.08. The molecule has 0 aromatic rings. The van der Waals surface area contributed by atoms with Crippen molar-refractivity contribution in [3.63, 3.8) is 0 Å². The quantitative estimate of drug-likeness (QED) is 0.541. The Balaban J connectivity index is 4.10. The summed E-state index contributed by atoms with van der Waals surface area (Å²) < 4.78 is 0. The van der Waals surface area contributed by atoms with Gasteiger partial charge in [-0.25, -0.2) is 0 Å². The van der Waals surface area contributed by atoms with Gasteiger partial charge in [-0.3, -0.25) is 0 Å². The normalized spacial score (nSPS) is 15.8. The molecule has 0 aromatic heterocycles. The van der Waals surface area contributed by atoms with Crippen molar-refractivity contribution in [1.29, 1.82) is 0 Å². The third kappa shape index (κ3) is 12.7. The fourth-order valence-electron chi connectivity index (χ4n) is 3.04. The number of hydrogen-bond donors (Lipinski definition) is 1. The van der Waals surface area contributed by atoms with Gasteiger partial charge < -0.3 is 5.32 Å². The van der Waals surface area contributed by atoms with E-state index in [0.29, 0.717) is 5.41 Å². The van der Waals surface area contributed by atoms with Crippen molar-refractivity contribution in [2.24, 2.45) is 17.3 Å². The molecule has 0 aliphatic rings. The predicted molar refractivity (Wildman–Crippen MR) is 88.6 cm³/mol. The summed E-state index contributed by atoms with van der Waals surface area (Å²) in [6.07, 6.45) is 8.02. The average Bonchev–Trinajstić information content (AvgIpc) is 2.22. The molecule has 0 spiro atoms. The van der Waals surface area contributed by atoms with Crippen molar-refractivity contribution in [2.75, 3.05) is 6.54 Å². The Labute approximate surface area is 122 Å². The van der Waals surface area contributed by atoms with Crippen LogP contribution in [0.15, 0.2) is 0 Å². The van der Waals surface area contributed by atoms with E-state index in [9.17, 15) is 0 Å². The van der Waals surface area contributed by atoms with Gasteiger partial charge in [0.05, 0.1) is 0 Å². The molecule has 0 fully saturated rings. The predicted octanol–water partition coefficient (Wildman–Crippen LogP) is 5.64. The molecule has 0 aliphatic heterocycles. The van der Waals surface area contributed by atoms with Crippen molar-refractivity contribution < 1.29 is 0 Å². The van der Waals surface area contributed by atoms with Crippen LogP contribution in [0.3, 0.4) is 0 Å². The molecular weight excluding hydrogens is 230 g/mol. The summed E-state index contributed by atoms with van der Waals surface area (Å²) in [7, 11) is 0. The highest BCUT2D eigenvalue weighted by atomic mass is 14.9. The largest absolute Gasteiger partial charge is 0.314 e. The molecule has 0 radical (unpaired) electrons. The van der Waals surface area contributed by atoms with Crippen LogP contribution in [0.4, 0.5) is 0 Å². The lowest BCUT2D eigenvalue weighted by Gasteiger charge is -2.27. The monoisotopic (exact) mass is 269 g/mol. The molecule has 0 bridgehead atoms. The lowest BCUT2D eigenvalue weighted by molar-refractivity contribution is 0.268.